The number of amides is 1. The predicted molar refractivity (Wildman–Crippen MR) is 83.0 cm³/mol. The predicted octanol–water partition coefficient (Wildman–Crippen LogP) is 2.00. The number of rotatable bonds is 4. The Bertz CT molecular complexity index is 648. The van der Waals surface area contributed by atoms with Crippen molar-refractivity contribution in [3.63, 3.8) is 0 Å². The minimum atomic E-state index is -0.103. The highest BCUT2D eigenvalue weighted by molar-refractivity contribution is 5.95. The molecule has 0 bridgehead atoms. The quantitative estimate of drug-likeness (QED) is 0.935. The van der Waals surface area contributed by atoms with E-state index in [2.05, 4.69) is 15.4 Å². The Morgan fingerprint density at radius 3 is 2.82 bits per heavy atom. The highest BCUT2D eigenvalue weighted by atomic mass is 16.5. The van der Waals surface area contributed by atoms with Crippen molar-refractivity contribution in [1.29, 1.82) is 0 Å². The Balaban J connectivity index is 1.70. The molecule has 1 saturated heterocycles. The summed E-state index contributed by atoms with van der Waals surface area (Å²) < 4.78 is 10.4. The van der Waals surface area contributed by atoms with Gasteiger partial charge in [-0.3, -0.25) is 4.79 Å². The Morgan fingerprint density at radius 2 is 2.09 bits per heavy atom. The number of aryl methyl sites for hydroxylation is 1. The molecule has 1 N–H and O–H groups in total. The molecule has 1 amide bonds. The van der Waals surface area contributed by atoms with Gasteiger partial charge in [-0.05, 0) is 19.1 Å². The van der Waals surface area contributed by atoms with Crippen molar-refractivity contribution in [2.24, 2.45) is 0 Å². The molecule has 2 heterocycles. The fraction of sp³-hybridized carbons (Fsp3) is 0.375. The van der Waals surface area contributed by atoms with Crippen molar-refractivity contribution in [3.05, 3.63) is 41.8 Å². The zero-order valence-corrected chi connectivity index (χ0v) is 12.5. The third-order valence-electron chi connectivity index (χ3n) is 3.55. The SMILES string of the molecule is Cc1cc(CC(=O)Nc2ccccc2N2CCOCC2)no1. The van der Waals surface area contributed by atoms with E-state index >= 15 is 0 Å². The maximum atomic E-state index is 12.2. The van der Waals surface area contributed by atoms with Crippen molar-refractivity contribution < 1.29 is 14.1 Å². The van der Waals surface area contributed by atoms with Crippen molar-refractivity contribution >= 4 is 17.3 Å². The van der Waals surface area contributed by atoms with Crippen LogP contribution in [0.15, 0.2) is 34.9 Å². The number of aromatic nitrogens is 1. The van der Waals surface area contributed by atoms with Gasteiger partial charge in [-0.2, -0.15) is 0 Å². The number of carbonyl (C=O) groups is 1. The number of nitrogens with zero attached hydrogens (tertiary/aromatic N) is 2. The summed E-state index contributed by atoms with van der Waals surface area (Å²) in [6, 6.07) is 9.59. The number of hydrogen-bond acceptors (Lipinski definition) is 5. The molecule has 3 rings (SSSR count). The van der Waals surface area contributed by atoms with Gasteiger partial charge in [0.15, 0.2) is 0 Å². The second kappa shape index (κ2) is 6.62. The minimum absolute atomic E-state index is 0.103. The smallest absolute Gasteiger partial charge is 0.230 e. The lowest BCUT2D eigenvalue weighted by Crippen LogP contribution is -2.36. The monoisotopic (exact) mass is 301 g/mol. The molecule has 1 aliphatic rings. The van der Waals surface area contributed by atoms with E-state index in [1.54, 1.807) is 6.07 Å². The van der Waals surface area contributed by atoms with E-state index < -0.39 is 0 Å². The highest BCUT2D eigenvalue weighted by Gasteiger charge is 2.16. The van der Waals surface area contributed by atoms with Gasteiger partial charge >= 0.3 is 0 Å². The van der Waals surface area contributed by atoms with E-state index in [0.717, 1.165) is 24.5 Å². The molecule has 1 fully saturated rings. The highest BCUT2D eigenvalue weighted by Crippen LogP contribution is 2.26. The van der Waals surface area contributed by atoms with Gasteiger partial charge in [-0.1, -0.05) is 17.3 Å². The van der Waals surface area contributed by atoms with Crippen LogP contribution in [0.5, 0.6) is 0 Å². The van der Waals surface area contributed by atoms with Crippen molar-refractivity contribution in [1.82, 2.24) is 5.16 Å². The van der Waals surface area contributed by atoms with Gasteiger partial charge in [0, 0.05) is 19.2 Å². The second-order valence-corrected chi connectivity index (χ2v) is 5.27. The number of hydrogen-bond donors (Lipinski definition) is 1. The molecule has 1 aromatic heterocycles. The van der Waals surface area contributed by atoms with Crippen LogP contribution < -0.4 is 10.2 Å². The van der Waals surface area contributed by atoms with Gasteiger partial charge in [0.2, 0.25) is 5.91 Å². The third-order valence-corrected chi connectivity index (χ3v) is 3.55. The molecule has 0 radical (unpaired) electrons. The van der Waals surface area contributed by atoms with Gasteiger partial charge < -0.3 is 19.5 Å². The molecule has 0 saturated carbocycles. The summed E-state index contributed by atoms with van der Waals surface area (Å²) in [5.41, 5.74) is 2.48. The number of morpholine rings is 1. The van der Waals surface area contributed by atoms with E-state index in [9.17, 15) is 4.79 Å². The van der Waals surface area contributed by atoms with Crippen LogP contribution in [-0.4, -0.2) is 37.4 Å². The first-order valence-corrected chi connectivity index (χ1v) is 7.36. The molecule has 6 heteroatoms. The van der Waals surface area contributed by atoms with Crippen LogP contribution in [0.2, 0.25) is 0 Å². The maximum absolute atomic E-state index is 12.2. The van der Waals surface area contributed by atoms with Crippen LogP contribution in [0.3, 0.4) is 0 Å². The lowest BCUT2D eigenvalue weighted by atomic mass is 10.2. The summed E-state index contributed by atoms with van der Waals surface area (Å²) in [5.74, 6) is 0.602. The summed E-state index contributed by atoms with van der Waals surface area (Å²) in [6.45, 7) is 4.88. The van der Waals surface area contributed by atoms with Gasteiger partial charge in [0.25, 0.3) is 0 Å². The Kier molecular flexibility index (Phi) is 4.39. The minimum Gasteiger partial charge on any atom is -0.378 e. The lowest BCUT2D eigenvalue weighted by Gasteiger charge is -2.30. The maximum Gasteiger partial charge on any atom is 0.230 e. The number of nitrogens with one attached hydrogen (secondary N) is 1. The largest absolute Gasteiger partial charge is 0.378 e. The normalized spacial score (nSPS) is 14.9. The van der Waals surface area contributed by atoms with E-state index in [-0.39, 0.29) is 12.3 Å². The summed E-state index contributed by atoms with van der Waals surface area (Å²) in [5, 5.41) is 6.81. The van der Waals surface area contributed by atoms with E-state index in [4.69, 9.17) is 9.26 Å². The Morgan fingerprint density at radius 1 is 1.32 bits per heavy atom. The van der Waals surface area contributed by atoms with Gasteiger partial charge in [0.1, 0.15) is 5.76 Å². The molecule has 0 spiro atoms. The topological polar surface area (TPSA) is 67.6 Å². The standard InChI is InChI=1S/C16H19N3O3/c1-12-10-13(18-22-12)11-16(20)17-14-4-2-3-5-15(14)19-6-8-21-9-7-19/h2-5,10H,6-9,11H2,1H3,(H,17,20). The molecular weight excluding hydrogens is 282 g/mol. The number of anilines is 2. The molecule has 1 aliphatic heterocycles. The molecule has 6 nitrogen and oxygen atoms in total. The van der Waals surface area contributed by atoms with E-state index in [1.807, 2.05) is 31.2 Å². The van der Waals surface area contributed by atoms with Crippen LogP contribution in [0.25, 0.3) is 0 Å². The average Bonchev–Trinajstić information content (AvgIpc) is 2.93. The van der Waals surface area contributed by atoms with Crippen LogP contribution in [0.1, 0.15) is 11.5 Å². The fourth-order valence-corrected chi connectivity index (χ4v) is 2.52. The number of benzene rings is 1. The lowest BCUT2D eigenvalue weighted by molar-refractivity contribution is -0.115. The summed E-state index contributed by atoms with van der Waals surface area (Å²) >= 11 is 0. The molecule has 2 aromatic rings. The first-order chi connectivity index (χ1) is 10.7. The van der Waals surface area contributed by atoms with Crippen LogP contribution in [0, 0.1) is 6.92 Å². The molecule has 1 aromatic carbocycles. The Hall–Kier alpha value is -2.34. The van der Waals surface area contributed by atoms with Crippen molar-refractivity contribution in [2.45, 2.75) is 13.3 Å². The zero-order valence-electron chi connectivity index (χ0n) is 12.5. The number of carbonyl (C=O) groups excluding carboxylic acids is 1. The summed E-state index contributed by atoms with van der Waals surface area (Å²) in [6.07, 6.45) is 0.203. The first-order valence-electron chi connectivity index (χ1n) is 7.36. The van der Waals surface area contributed by atoms with E-state index in [1.165, 1.54) is 0 Å². The van der Waals surface area contributed by atoms with E-state index in [0.29, 0.717) is 24.7 Å². The van der Waals surface area contributed by atoms with Gasteiger partial charge in [-0.25, -0.2) is 0 Å². The molecular formula is C16H19N3O3. The van der Waals surface area contributed by atoms with Crippen LogP contribution >= 0.6 is 0 Å². The average molecular weight is 301 g/mol. The van der Waals surface area contributed by atoms with Crippen LogP contribution in [0.4, 0.5) is 11.4 Å². The Labute approximate surface area is 129 Å². The zero-order chi connectivity index (χ0) is 15.4. The fourth-order valence-electron chi connectivity index (χ4n) is 2.52. The van der Waals surface area contributed by atoms with Crippen LogP contribution in [-0.2, 0) is 16.0 Å². The van der Waals surface area contributed by atoms with Gasteiger partial charge in [0.05, 0.1) is 36.7 Å². The number of para-hydroxylation sites is 2. The van der Waals surface area contributed by atoms with Crippen molar-refractivity contribution in [3.8, 4) is 0 Å². The molecule has 0 unspecified atom stereocenters. The summed E-state index contributed by atoms with van der Waals surface area (Å²) in [7, 11) is 0. The molecule has 0 aliphatic carbocycles. The molecule has 22 heavy (non-hydrogen) atoms. The summed E-state index contributed by atoms with van der Waals surface area (Å²) in [4.78, 5) is 14.4. The van der Waals surface area contributed by atoms with Crippen molar-refractivity contribution in [2.75, 3.05) is 36.5 Å². The molecule has 116 valence electrons. The number of ether oxygens (including phenoxy) is 1. The third kappa shape index (κ3) is 3.46. The first kappa shape index (κ1) is 14.6. The second-order valence-electron chi connectivity index (χ2n) is 5.27. The molecule has 0 atom stereocenters. The van der Waals surface area contributed by atoms with Gasteiger partial charge in [-0.15, -0.1) is 0 Å².